The molecule has 0 aromatic heterocycles. The molecule has 1 aliphatic rings. The fraction of sp³-hybridized carbons (Fsp3) is 0.174. The van der Waals surface area contributed by atoms with Gasteiger partial charge in [0.2, 0.25) is 0 Å². The first-order valence-corrected chi connectivity index (χ1v) is 9.88. The lowest BCUT2D eigenvalue weighted by Crippen LogP contribution is -2.18. The minimum Gasteiger partial charge on any atom is -0.497 e. The van der Waals surface area contributed by atoms with E-state index in [2.05, 4.69) is 57.3 Å². The smallest absolute Gasteiger partial charge is 0.131 e. The molecule has 0 bridgehead atoms. The maximum atomic E-state index is 5.61. The van der Waals surface area contributed by atoms with E-state index in [1.807, 2.05) is 36.4 Å². The molecule has 4 rings (SSSR count). The van der Waals surface area contributed by atoms with Crippen molar-refractivity contribution in [3.63, 3.8) is 0 Å². The minimum absolute atomic E-state index is 0.123. The Kier molecular flexibility index (Phi) is 5.35. The van der Waals surface area contributed by atoms with Crippen molar-refractivity contribution in [2.45, 2.75) is 12.5 Å². The molecule has 0 N–H and O–H groups in total. The summed E-state index contributed by atoms with van der Waals surface area (Å²) in [6, 6.07) is 24.7. The Morgan fingerprint density at radius 2 is 1.68 bits per heavy atom. The molecule has 142 valence electrons. The van der Waals surface area contributed by atoms with Crippen LogP contribution >= 0.6 is 15.9 Å². The van der Waals surface area contributed by atoms with Crippen molar-refractivity contribution in [1.82, 2.24) is 0 Å². The van der Waals surface area contributed by atoms with E-state index in [4.69, 9.17) is 14.6 Å². The average molecular weight is 437 g/mol. The Morgan fingerprint density at radius 1 is 0.929 bits per heavy atom. The van der Waals surface area contributed by atoms with Crippen LogP contribution in [0.5, 0.6) is 11.5 Å². The van der Waals surface area contributed by atoms with Crippen LogP contribution in [0.2, 0.25) is 0 Å². The maximum Gasteiger partial charge on any atom is 0.131 e. The van der Waals surface area contributed by atoms with Crippen molar-refractivity contribution in [3.8, 4) is 11.5 Å². The first-order chi connectivity index (χ1) is 13.7. The van der Waals surface area contributed by atoms with Gasteiger partial charge in [-0.2, -0.15) is 5.10 Å². The van der Waals surface area contributed by atoms with Gasteiger partial charge in [0.1, 0.15) is 11.5 Å². The van der Waals surface area contributed by atoms with Gasteiger partial charge in [-0.1, -0.05) is 46.3 Å². The van der Waals surface area contributed by atoms with Gasteiger partial charge in [-0.05, 0) is 42.0 Å². The lowest BCUT2D eigenvalue weighted by Gasteiger charge is -2.24. The molecule has 0 spiro atoms. The highest BCUT2D eigenvalue weighted by atomic mass is 79.9. The standard InChI is InChI=1S/C23H21BrN2O2/c1-27-19-12-13-20(23(14-19)28-2)21-15-22(16-8-10-17(24)11-9-16)26(25-21)18-6-4-3-5-7-18/h3-14,22H,15H2,1-2H3. The van der Waals surface area contributed by atoms with Gasteiger partial charge in [0.15, 0.2) is 0 Å². The van der Waals surface area contributed by atoms with E-state index in [1.54, 1.807) is 14.2 Å². The minimum atomic E-state index is 0.123. The van der Waals surface area contributed by atoms with Crippen LogP contribution in [0, 0.1) is 0 Å². The second kappa shape index (κ2) is 8.07. The zero-order chi connectivity index (χ0) is 19.5. The number of methoxy groups -OCH3 is 2. The summed E-state index contributed by atoms with van der Waals surface area (Å²) < 4.78 is 12.0. The van der Waals surface area contributed by atoms with Gasteiger partial charge < -0.3 is 9.47 Å². The fourth-order valence-electron chi connectivity index (χ4n) is 3.47. The second-order valence-corrected chi connectivity index (χ2v) is 7.48. The number of para-hydroxylation sites is 1. The van der Waals surface area contributed by atoms with Gasteiger partial charge in [-0.3, -0.25) is 5.01 Å². The molecule has 3 aromatic carbocycles. The van der Waals surface area contributed by atoms with E-state index in [1.165, 1.54) is 5.56 Å². The molecule has 0 saturated heterocycles. The van der Waals surface area contributed by atoms with Gasteiger partial charge in [-0.15, -0.1) is 0 Å². The van der Waals surface area contributed by atoms with Crippen molar-refractivity contribution in [1.29, 1.82) is 0 Å². The Labute approximate surface area is 173 Å². The van der Waals surface area contributed by atoms with Crippen molar-refractivity contribution in [2.75, 3.05) is 19.2 Å². The molecule has 28 heavy (non-hydrogen) atoms. The van der Waals surface area contributed by atoms with Gasteiger partial charge in [0.25, 0.3) is 0 Å². The van der Waals surface area contributed by atoms with Crippen LogP contribution in [0.15, 0.2) is 82.4 Å². The van der Waals surface area contributed by atoms with E-state index >= 15 is 0 Å². The van der Waals surface area contributed by atoms with Crippen LogP contribution in [0.3, 0.4) is 0 Å². The number of anilines is 1. The predicted octanol–water partition coefficient (Wildman–Crippen LogP) is 5.82. The molecular formula is C23H21BrN2O2. The molecule has 4 nitrogen and oxygen atoms in total. The quantitative estimate of drug-likeness (QED) is 0.504. The Balaban J connectivity index is 1.76. The highest BCUT2D eigenvalue weighted by Gasteiger charge is 2.31. The van der Waals surface area contributed by atoms with Gasteiger partial charge in [0.05, 0.1) is 31.7 Å². The summed E-state index contributed by atoms with van der Waals surface area (Å²) >= 11 is 3.52. The van der Waals surface area contributed by atoms with Crippen LogP contribution in [-0.4, -0.2) is 19.9 Å². The van der Waals surface area contributed by atoms with E-state index < -0.39 is 0 Å². The number of ether oxygens (including phenoxy) is 2. The number of halogens is 1. The van der Waals surface area contributed by atoms with Crippen molar-refractivity contribution < 1.29 is 9.47 Å². The topological polar surface area (TPSA) is 34.1 Å². The molecule has 3 aromatic rings. The fourth-order valence-corrected chi connectivity index (χ4v) is 3.74. The molecular weight excluding hydrogens is 416 g/mol. The van der Waals surface area contributed by atoms with Crippen molar-refractivity contribution >= 4 is 27.3 Å². The van der Waals surface area contributed by atoms with E-state index in [9.17, 15) is 0 Å². The van der Waals surface area contributed by atoms with Gasteiger partial charge in [-0.25, -0.2) is 0 Å². The Hall–Kier alpha value is -2.79. The number of hydrazone groups is 1. The van der Waals surface area contributed by atoms with Crippen LogP contribution in [0.25, 0.3) is 0 Å². The normalized spacial score (nSPS) is 16.0. The summed E-state index contributed by atoms with van der Waals surface area (Å²) in [5.41, 5.74) is 4.27. The molecule has 0 radical (unpaired) electrons. The molecule has 0 amide bonds. The molecule has 1 unspecified atom stereocenters. The average Bonchev–Trinajstić information content (AvgIpc) is 3.19. The highest BCUT2D eigenvalue weighted by molar-refractivity contribution is 9.10. The molecule has 5 heteroatoms. The molecule has 1 heterocycles. The molecule has 0 aliphatic carbocycles. The number of nitrogens with zero attached hydrogens (tertiary/aromatic N) is 2. The summed E-state index contributed by atoms with van der Waals surface area (Å²) in [6.07, 6.45) is 0.791. The van der Waals surface area contributed by atoms with E-state index in [0.717, 1.165) is 39.4 Å². The molecule has 0 saturated carbocycles. The summed E-state index contributed by atoms with van der Waals surface area (Å²) in [5.74, 6) is 1.53. The third kappa shape index (κ3) is 3.62. The van der Waals surface area contributed by atoms with Crippen LogP contribution < -0.4 is 14.5 Å². The largest absolute Gasteiger partial charge is 0.497 e. The lowest BCUT2D eigenvalue weighted by molar-refractivity contribution is 0.394. The van der Waals surface area contributed by atoms with Gasteiger partial charge >= 0.3 is 0 Å². The lowest BCUT2D eigenvalue weighted by atomic mass is 9.97. The molecule has 1 aliphatic heterocycles. The summed E-state index contributed by atoms with van der Waals surface area (Å²) in [5, 5.41) is 7.09. The predicted molar refractivity (Wildman–Crippen MR) is 117 cm³/mol. The summed E-state index contributed by atoms with van der Waals surface area (Å²) in [6.45, 7) is 0. The second-order valence-electron chi connectivity index (χ2n) is 6.56. The monoisotopic (exact) mass is 436 g/mol. The van der Waals surface area contributed by atoms with Crippen LogP contribution in [-0.2, 0) is 0 Å². The maximum absolute atomic E-state index is 5.61. The number of hydrogen-bond acceptors (Lipinski definition) is 4. The van der Waals surface area contributed by atoms with Crippen molar-refractivity contribution in [2.24, 2.45) is 5.10 Å². The van der Waals surface area contributed by atoms with E-state index in [-0.39, 0.29) is 6.04 Å². The Bertz CT molecular complexity index is 987. The van der Waals surface area contributed by atoms with Crippen LogP contribution in [0.1, 0.15) is 23.6 Å². The SMILES string of the molecule is COc1ccc(C2=NN(c3ccccc3)C(c3ccc(Br)cc3)C2)c(OC)c1. The molecule has 1 atom stereocenters. The first kappa shape index (κ1) is 18.6. The summed E-state index contributed by atoms with van der Waals surface area (Å²) in [7, 11) is 3.33. The number of hydrogen-bond donors (Lipinski definition) is 0. The number of rotatable bonds is 5. The Morgan fingerprint density at radius 3 is 2.36 bits per heavy atom. The van der Waals surface area contributed by atoms with E-state index in [0.29, 0.717) is 0 Å². The zero-order valence-electron chi connectivity index (χ0n) is 15.8. The van der Waals surface area contributed by atoms with Crippen LogP contribution in [0.4, 0.5) is 5.69 Å². The number of benzene rings is 3. The highest BCUT2D eigenvalue weighted by Crippen LogP contribution is 2.39. The summed E-state index contributed by atoms with van der Waals surface area (Å²) in [4.78, 5) is 0. The first-order valence-electron chi connectivity index (χ1n) is 9.09. The van der Waals surface area contributed by atoms with Gasteiger partial charge in [0, 0.05) is 22.5 Å². The zero-order valence-corrected chi connectivity index (χ0v) is 17.4. The third-order valence-electron chi connectivity index (χ3n) is 4.91. The molecule has 0 fully saturated rings. The van der Waals surface area contributed by atoms with Crippen molar-refractivity contribution in [3.05, 3.63) is 88.4 Å². The third-order valence-corrected chi connectivity index (χ3v) is 5.43.